The van der Waals surface area contributed by atoms with Gasteiger partial charge in [0.1, 0.15) is 11.6 Å². The van der Waals surface area contributed by atoms with Crippen LogP contribution in [0, 0.1) is 0 Å². The number of hydrogen-bond acceptors (Lipinski definition) is 3. The normalized spacial score (nSPS) is 19.7. The fraction of sp³-hybridized carbons (Fsp3) is 0.474. The molecule has 5 heteroatoms. The number of likely N-dealkylation sites (N-methyl/N-ethyl adjacent to an activating group) is 1. The van der Waals surface area contributed by atoms with E-state index in [2.05, 4.69) is 17.4 Å². The molecule has 0 spiro atoms. The van der Waals surface area contributed by atoms with Crippen molar-refractivity contribution in [3.63, 3.8) is 0 Å². The average molecular weight is 328 g/mol. The van der Waals surface area contributed by atoms with Crippen LogP contribution in [0.15, 0.2) is 29.8 Å². The SMILES string of the molecule is CNC(=O)[C@H]1CC2=C(Cc3ccccc32)CN1C(=O)OC(C)(C)C. The molecule has 128 valence electrons. The van der Waals surface area contributed by atoms with Gasteiger partial charge in [0.25, 0.3) is 0 Å². The van der Waals surface area contributed by atoms with Crippen LogP contribution in [0.2, 0.25) is 0 Å². The van der Waals surface area contributed by atoms with Crippen molar-refractivity contribution in [2.24, 2.45) is 0 Å². The fourth-order valence-corrected chi connectivity index (χ4v) is 3.43. The number of amides is 2. The van der Waals surface area contributed by atoms with Gasteiger partial charge in [-0.25, -0.2) is 4.79 Å². The predicted octanol–water partition coefficient (Wildman–Crippen LogP) is 2.75. The van der Waals surface area contributed by atoms with Gasteiger partial charge in [-0.2, -0.15) is 0 Å². The van der Waals surface area contributed by atoms with Crippen molar-refractivity contribution in [2.75, 3.05) is 13.6 Å². The van der Waals surface area contributed by atoms with Crippen molar-refractivity contribution >= 4 is 17.6 Å². The van der Waals surface area contributed by atoms with Crippen molar-refractivity contribution in [3.05, 3.63) is 41.0 Å². The Labute approximate surface area is 142 Å². The third-order valence-electron chi connectivity index (χ3n) is 4.49. The largest absolute Gasteiger partial charge is 0.444 e. The maximum Gasteiger partial charge on any atom is 0.411 e. The van der Waals surface area contributed by atoms with Crippen molar-refractivity contribution in [3.8, 4) is 0 Å². The third kappa shape index (κ3) is 3.03. The monoisotopic (exact) mass is 328 g/mol. The number of carbonyl (C=O) groups is 2. The molecular weight excluding hydrogens is 304 g/mol. The van der Waals surface area contributed by atoms with E-state index in [-0.39, 0.29) is 5.91 Å². The van der Waals surface area contributed by atoms with Gasteiger partial charge in [-0.1, -0.05) is 24.3 Å². The Morgan fingerprint density at radius 1 is 1.25 bits per heavy atom. The Kier molecular flexibility index (Phi) is 4.11. The highest BCUT2D eigenvalue weighted by atomic mass is 16.6. The van der Waals surface area contributed by atoms with E-state index in [1.165, 1.54) is 22.3 Å². The molecule has 1 aliphatic heterocycles. The van der Waals surface area contributed by atoms with Crippen LogP contribution in [-0.4, -0.2) is 42.1 Å². The molecule has 0 unspecified atom stereocenters. The van der Waals surface area contributed by atoms with Gasteiger partial charge in [-0.3, -0.25) is 9.69 Å². The molecule has 1 aliphatic carbocycles. The van der Waals surface area contributed by atoms with Crippen LogP contribution in [0.3, 0.4) is 0 Å². The molecule has 1 atom stereocenters. The van der Waals surface area contributed by atoms with Gasteiger partial charge in [0.2, 0.25) is 5.91 Å². The molecule has 0 saturated heterocycles. The first-order chi connectivity index (χ1) is 11.3. The van der Waals surface area contributed by atoms with Gasteiger partial charge in [0.15, 0.2) is 0 Å². The number of nitrogens with zero attached hydrogens (tertiary/aromatic N) is 1. The minimum absolute atomic E-state index is 0.156. The Morgan fingerprint density at radius 2 is 1.96 bits per heavy atom. The molecule has 1 N–H and O–H groups in total. The number of nitrogens with one attached hydrogen (secondary N) is 1. The van der Waals surface area contributed by atoms with Crippen LogP contribution in [0.1, 0.15) is 38.3 Å². The molecule has 0 radical (unpaired) electrons. The number of benzene rings is 1. The number of hydrogen-bond donors (Lipinski definition) is 1. The molecule has 2 aliphatic rings. The predicted molar refractivity (Wildman–Crippen MR) is 92.5 cm³/mol. The number of rotatable bonds is 1. The molecular formula is C19H24N2O3. The van der Waals surface area contributed by atoms with Crippen LogP contribution in [0.25, 0.3) is 5.57 Å². The molecule has 0 saturated carbocycles. The highest BCUT2D eigenvalue weighted by Crippen LogP contribution is 2.40. The second-order valence-corrected chi connectivity index (χ2v) is 7.36. The third-order valence-corrected chi connectivity index (χ3v) is 4.49. The summed E-state index contributed by atoms with van der Waals surface area (Å²) in [7, 11) is 1.60. The molecule has 0 fully saturated rings. The summed E-state index contributed by atoms with van der Waals surface area (Å²) >= 11 is 0. The Balaban J connectivity index is 1.91. The van der Waals surface area contributed by atoms with Crippen LogP contribution in [0.4, 0.5) is 4.79 Å². The van der Waals surface area contributed by atoms with Gasteiger partial charge >= 0.3 is 6.09 Å². The maximum absolute atomic E-state index is 12.6. The zero-order valence-electron chi connectivity index (χ0n) is 14.7. The van der Waals surface area contributed by atoms with E-state index in [9.17, 15) is 9.59 Å². The van der Waals surface area contributed by atoms with Crippen LogP contribution in [-0.2, 0) is 16.0 Å². The second-order valence-electron chi connectivity index (χ2n) is 7.36. The highest BCUT2D eigenvalue weighted by Gasteiger charge is 2.39. The quantitative estimate of drug-likeness (QED) is 0.862. The van der Waals surface area contributed by atoms with Gasteiger partial charge in [0.05, 0.1) is 0 Å². The minimum atomic E-state index is -0.586. The van der Waals surface area contributed by atoms with Gasteiger partial charge in [-0.15, -0.1) is 0 Å². The van der Waals surface area contributed by atoms with Crippen LogP contribution in [0.5, 0.6) is 0 Å². The lowest BCUT2D eigenvalue weighted by Crippen LogP contribution is -2.52. The summed E-state index contributed by atoms with van der Waals surface area (Å²) in [5.41, 5.74) is 4.31. The molecule has 2 amide bonds. The molecule has 5 nitrogen and oxygen atoms in total. The molecule has 1 aromatic carbocycles. The van der Waals surface area contributed by atoms with Crippen molar-refractivity contribution < 1.29 is 14.3 Å². The first kappa shape index (κ1) is 16.6. The Hall–Kier alpha value is -2.30. The lowest BCUT2D eigenvalue weighted by Gasteiger charge is -2.36. The lowest BCUT2D eigenvalue weighted by molar-refractivity contribution is -0.125. The summed E-state index contributed by atoms with van der Waals surface area (Å²) in [6.07, 6.45) is 0.940. The molecule has 0 bridgehead atoms. The summed E-state index contributed by atoms with van der Waals surface area (Å²) in [4.78, 5) is 26.5. The Morgan fingerprint density at radius 3 is 2.62 bits per heavy atom. The first-order valence-electron chi connectivity index (χ1n) is 8.30. The topological polar surface area (TPSA) is 58.6 Å². The zero-order chi connectivity index (χ0) is 17.5. The van der Waals surface area contributed by atoms with Crippen molar-refractivity contribution in [1.29, 1.82) is 0 Å². The van der Waals surface area contributed by atoms with E-state index in [0.717, 1.165) is 6.42 Å². The summed E-state index contributed by atoms with van der Waals surface area (Å²) < 4.78 is 5.51. The average Bonchev–Trinajstić information content (AvgIpc) is 2.89. The fourth-order valence-electron chi connectivity index (χ4n) is 3.43. The highest BCUT2D eigenvalue weighted by molar-refractivity contribution is 5.91. The number of ether oxygens (including phenoxy) is 1. The second kappa shape index (κ2) is 5.96. The standard InChI is InChI=1S/C19H24N2O3/c1-19(2,3)24-18(23)21-11-13-9-12-7-5-6-8-14(12)15(13)10-16(21)17(22)20-4/h5-8,16H,9-11H2,1-4H3,(H,20,22)/t16-/m1/s1. The van der Waals surface area contributed by atoms with E-state index in [1.54, 1.807) is 11.9 Å². The summed E-state index contributed by atoms with van der Waals surface area (Å²) in [6, 6.07) is 7.72. The molecule has 1 aromatic rings. The lowest BCUT2D eigenvalue weighted by atomic mass is 9.93. The van der Waals surface area contributed by atoms with E-state index in [0.29, 0.717) is 13.0 Å². The zero-order valence-corrected chi connectivity index (χ0v) is 14.7. The summed E-state index contributed by atoms with van der Waals surface area (Å²) in [5.74, 6) is -0.156. The summed E-state index contributed by atoms with van der Waals surface area (Å²) in [5, 5.41) is 2.68. The van der Waals surface area contributed by atoms with Crippen molar-refractivity contribution in [1.82, 2.24) is 10.2 Å². The van der Waals surface area contributed by atoms with E-state index in [4.69, 9.17) is 4.74 Å². The van der Waals surface area contributed by atoms with E-state index >= 15 is 0 Å². The van der Waals surface area contributed by atoms with Crippen LogP contribution >= 0.6 is 0 Å². The number of carbonyl (C=O) groups excluding carboxylic acids is 2. The smallest absolute Gasteiger partial charge is 0.411 e. The van der Waals surface area contributed by atoms with Crippen LogP contribution < -0.4 is 5.32 Å². The van der Waals surface area contributed by atoms with Gasteiger partial charge in [0, 0.05) is 20.0 Å². The minimum Gasteiger partial charge on any atom is -0.444 e. The van der Waals surface area contributed by atoms with E-state index < -0.39 is 17.7 Å². The maximum atomic E-state index is 12.6. The van der Waals surface area contributed by atoms with E-state index in [1.807, 2.05) is 32.9 Å². The number of fused-ring (bicyclic) bond motifs is 2. The van der Waals surface area contributed by atoms with Gasteiger partial charge < -0.3 is 10.1 Å². The molecule has 3 rings (SSSR count). The van der Waals surface area contributed by atoms with Gasteiger partial charge in [-0.05, 0) is 49.5 Å². The summed E-state index contributed by atoms with van der Waals surface area (Å²) in [6.45, 7) is 5.94. The first-order valence-corrected chi connectivity index (χ1v) is 8.30. The molecule has 1 heterocycles. The molecule has 0 aromatic heterocycles. The molecule has 24 heavy (non-hydrogen) atoms. The van der Waals surface area contributed by atoms with Crippen molar-refractivity contribution in [2.45, 2.75) is 45.3 Å². The Bertz CT molecular complexity index is 716.